The molecule has 0 unspecified atom stereocenters. The number of urea groups is 1. The van der Waals surface area contributed by atoms with Gasteiger partial charge in [-0.15, -0.1) is 0 Å². The van der Waals surface area contributed by atoms with Crippen LogP contribution in [0.4, 0.5) is 4.79 Å². The highest BCUT2D eigenvalue weighted by Crippen LogP contribution is 2.34. The Morgan fingerprint density at radius 3 is 2.83 bits per heavy atom. The maximum absolute atomic E-state index is 12.4. The lowest BCUT2D eigenvalue weighted by molar-refractivity contribution is -0.142. The van der Waals surface area contributed by atoms with Crippen LogP contribution in [0.3, 0.4) is 0 Å². The topological polar surface area (TPSA) is 80.6 Å². The minimum atomic E-state index is -0.677. The van der Waals surface area contributed by atoms with Crippen LogP contribution in [0.25, 0.3) is 0 Å². The van der Waals surface area contributed by atoms with Crippen LogP contribution < -0.4 is 10.9 Å². The molecule has 1 aromatic heterocycles. The van der Waals surface area contributed by atoms with Crippen molar-refractivity contribution in [3.63, 3.8) is 0 Å². The van der Waals surface area contributed by atoms with Crippen LogP contribution in [0, 0.1) is 5.92 Å². The highest BCUT2D eigenvalue weighted by molar-refractivity contribution is 5.83. The number of ether oxygens (including phenoxy) is 1. The molecule has 3 atom stereocenters. The number of likely N-dealkylation sites (tertiary alicyclic amines) is 1. The number of aromatic nitrogens is 1. The Balaban J connectivity index is 1.74. The van der Waals surface area contributed by atoms with E-state index in [9.17, 15) is 14.4 Å². The van der Waals surface area contributed by atoms with Gasteiger partial charge in [-0.1, -0.05) is 6.07 Å². The number of pyridine rings is 1. The molecular weight excluding hydrogens is 298 g/mol. The average molecular weight is 319 g/mol. The van der Waals surface area contributed by atoms with E-state index in [0.29, 0.717) is 19.6 Å². The van der Waals surface area contributed by atoms with Crippen molar-refractivity contribution in [3.8, 4) is 0 Å². The normalized spacial score (nSPS) is 23.7. The van der Waals surface area contributed by atoms with Crippen LogP contribution in [0.2, 0.25) is 0 Å². The largest absolute Gasteiger partial charge is 0.467 e. The number of carbonyl (C=O) groups excluding carboxylic acids is 2. The Morgan fingerprint density at radius 1 is 1.30 bits per heavy atom. The zero-order valence-corrected chi connectivity index (χ0v) is 13.3. The van der Waals surface area contributed by atoms with Gasteiger partial charge in [0.15, 0.2) is 0 Å². The van der Waals surface area contributed by atoms with Crippen LogP contribution in [-0.2, 0) is 16.1 Å². The van der Waals surface area contributed by atoms with Crippen LogP contribution in [0.5, 0.6) is 0 Å². The quantitative estimate of drug-likeness (QED) is 0.807. The molecule has 1 N–H and O–H groups in total. The summed E-state index contributed by atoms with van der Waals surface area (Å²) in [5.74, 6) is -0.0384. The first-order valence-electron chi connectivity index (χ1n) is 7.82. The number of rotatable bonds is 2. The third-order valence-electron chi connectivity index (χ3n) is 4.66. The third kappa shape index (κ3) is 2.95. The van der Waals surface area contributed by atoms with Crippen molar-refractivity contribution in [2.75, 3.05) is 20.2 Å². The highest BCUT2D eigenvalue weighted by Gasteiger charge is 2.36. The van der Waals surface area contributed by atoms with E-state index < -0.39 is 12.0 Å². The van der Waals surface area contributed by atoms with Gasteiger partial charge in [-0.3, -0.25) is 4.79 Å². The van der Waals surface area contributed by atoms with Crippen molar-refractivity contribution in [2.45, 2.75) is 31.8 Å². The van der Waals surface area contributed by atoms with Gasteiger partial charge in [0.2, 0.25) is 0 Å². The fourth-order valence-electron chi connectivity index (χ4n) is 3.57. The van der Waals surface area contributed by atoms with Gasteiger partial charge in [-0.2, -0.15) is 0 Å². The Morgan fingerprint density at radius 2 is 2.09 bits per heavy atom. The second-order valence-corrected chi connectivity index (χ2v) is 6.30. The number of nitrogens with one attached hydrogen (secondary N) is 1. The number of methoxy groups -OCH3 is 1. The second kappa shape index (κ2) is 6.06. The first kappa shape index (κ1) is 15.6. The lowest BCUT2D eigenvalue weighted by Gasteiger charge is -2.42. The minimum absolute atomic E-state index is 0.0226. The molecule has 3 heterocycles. The number of carbonyl (C=O) groups is 2. The molecule has 1 fully saturated rings. The van der Waals surface area contributed by atoms with Crippen LogP contribution in [0.15, 0.2) is 23.0 Å². The van der Waals surface area contributed by atoms with Crippen LogP contribution >= 0.6 is 0 Å². The van der Waals surface area contributed by atoms with E-state index in [1.54, 1.807) is 24.0 Å². The summed E-state index contributed by atoms with van der Waals surface area (Å²) < 4.78 is 6.45. The highest BCUT2D eigenvalue weighted by atomic mass is 16.5. The molecule has 0 radical (unpaired) electrons. The number of piperidine rings is 1. The summed E-state index contributed by atoms with van der Waals surface area (Å²) >= 11 is 0. The average Bonchev–Trinajstić information content (AvgIpc) is 2.54. The van der Waals surface area contributed by atoms with Crippen molar-refractivity contribution in [3.05, 3.63) is 34.2 Å². The second-order valence-electron chi connectivity index (χ2n) is 6.30. The lowest BCUT2D eigenvalue weighted by Crippen LogP contribution is -2.54. The van der Waals surface area contributed by atoms with E-state index in [-0.39, 0.29) is 23.4 Å². The Bertz CT molecular complexity index is 684. The summed E-state index contributed by atoms with van der Waals surface area (Å²) in [6, 6.07) is 4.37. The summed E-state index contributed by atoms with van der Waals surface area (Å²) in [6.07, 6.45) is 0.986. The van der Waals surface area contributed by atoms with Crippen molar-refractivity contribution in [2.24, 2.45) is 5.92 Å². The number of nitrogens with zero attached hydrogens (tertiary/aromatic N) is 2. The zero-order valence-electron chi connectivity index (χ0n) is 13.3. The standard InChI is InChI=1S/C16H21N3O4/c1-10(15(21)23-2)17-16(22)18-7-11-6-12(9-18)13-4-3-5-14(20)19(13)8-11/h3-5,10-12H,6-9H2,1-2H3,(H,17,22)/t10-,11-,12+/m1/s1. The van der Waals surface area contributed by atoms with E-state index in [0.717, 1.165) is 12.1 Å². The molecule has 0 saturated carbocycles. The Kier molecular flexibility index (Phi) is 4.11. The molecule has 0 spiro atoms. The molecule has 124 valence electrons. The number of fused-ring (bicyclic) bond motifs is 4. The molecule has 1 aromatic rings. The predicted molar refractivity (Wildman–Crippen MR) is 83.1 cm³/mol. The molecule has 7 heteroatoms. The summed E-state index contributed by atoms with van der Waals surface area (Å²) in [6.45, 7) is 3.39. The monoisotopic (exact) mass is 319 g/mol. The predicted octanol–water partition coefficient (Wildman–Crippen LogP) is 0.538. The maximum atomic E-state index is 12.4. The maximum Gasteiger partial charge on any atom is 0.328 e. The fraction of sp³-hybridized carbons (Fsp3) is 0.562. The van der Waals surface area contributed by atoms with E-state index in [4.69, 9.17) is 0 Å². The van der Waals surface area contributed by atoms with Gasteiger partial charge in [-0.05, 0) is 25.3 Å². The van der Waals surface area contributed by atoms with Crippen molar-refractivity contribution in [1.82, 2.24) is 14.8 Å². The first-order chi connectivity index (χ1) is 11.0. The molecule has 0 aromatic carbocycles. The molecular formula is C16H21N3O4. The van der Waals surface area contributed by atoms with E-state index in [1.165, 1.54) is 7.11 Å². The number of hydrogen-bond donors (Lipinski definition) is 1. The molecule has 2 bridgehead atoms. The zero-order chi connectivity index (χ0) is 16.6. The molecule has 1 saturated heterocycles. The molecule has 2 amide bonds. The van der Waals surface area contributed by atoms with Gasteiger partial charge in [-0.25, -0.2) is 9.59 Å². The van der Waals surface area contributed by atoms with E-state index in [1.807, 2.05) is 10.6 Å². The van der Waals surface area contributed by atoms with Crippen LogP contribution in [0.1, 0.15) is 25.0 Å². The molecule has 2 aliphatic heterocycles. The molecule has 0 aliphatic carbocycles. The molecule has 3 rings (SSSR count). The fourth-order valence-corrected chi connectivity index (χ4v) is 3.57. The number of hydrogen-bond acceptors (Lipinski definition) is 4. The van der Waals surface area contributed by atoms with Crippen LogP contribution in [-0.4, -0.2) is 47.7 Å². The third-order valence-corrected chi connectivity index (χ3v) is 4.66. The van der Waals surface area contributed by atoms with Gasteiger partial charge in [0.1, 0.15) is 6.04 Å². The van der Waals surface area contributed by atoms with Gasteiger partial charge in [0.05, 0.1) is 7.11 Å². The minimum Gasteiger partial charge on any atom is -0.467 e. The summed E-state index contributed by atoms with van der Waals surface area (Å²) in [5, 5.41) is 2.67. The van der Waals surface area contributed by atoms with Crippen molar-refractivity contribution < 1.29 is 14.3 Å². The molecule has 7 nitrogen and oxygen atoms in total. The van der Waals surface area contributed by atoms with Crippen molar-refractivity contribution >= 4 is 12.0 Å². The van der Waals surface area contributed by atoms with Gasteiger partial charge >= 0.3 is 12.0 Å². The summed E-state index contributed by atoms with van der Waals surface area (Å²) in [4.78, 5) is 37.5. The van der Waals surface area contributed by atoms with Gasteiger partial charge < -0.3 is 19.5 Å². The smallest absolute Gasteiger partial charge is 0.328 e. The Hall–Kier alpha value is -2.31. The summed E-state index contributed by atoms with van der Waals surface area (Å²) in [5.41, 5.74) is 1.02. The van der Waals surface area contributed by atoms with E-state index >= 15 is 0 Å². The lowest BCUT2D eigenvalue weighted by atomic mass is 9.83. The summed E-state index contributed by atoms with van der Waals surface area (Å²) in [7, 11) is 1.30. The SMILES string of the molecule is COC(=O)[C@@H](C)NC(=O)N1C[C@H]2C[C@@H](C1)c1cccc(=O)n1C2. The number of amides is 2. The molecule has 23 heavy (non-hydrogen) atoms. The number of esters is 1. The van der Waals surface area contributed by atoms with E-state index in [2.05, 4.69) is 10.1 Å². The van der Waals surface area contributed by atoms with Gasteiger partial charge in [0, 0.05) is 37.3 Å². The molecule has 2 aliphatic rings. The Labute approximate surface area is 134 Å². The first-order valence-corrected chi connectivity index (χ1v) is 7.82. The van der Waals surface area contributed by atoms with Crippen molar-refractivity contribution in [1.29, 1.82) is 0 Å². The van der Waals surface area contributed by atoms with Gasteiger partial charge in [0.25, 0.3) is 5.56 Å².